The van der Waals surface area contributed by atoms with Crippen molar-refractivity contribution in [2.45, 2.75) is 56.6 Å². The molecule has 1 N–H and O–H groups in total. The van der Waals surface area contributed by atoms with E-state index >= 15 is 0 Å². The summed E-state index contributed by atoms with van der Waals surface area (Å²) in [6.07, 6.45) is 2.20. The number of amides is 1. The highest BCUT2D eigenvalue weighted by Crippen LogP contribution is 2.21. The van der Waals surface area contributed by atoms with E-state index in [4.69, 9.17) is 4.74 Å². The summed E-state index contributed by atoms with van der Waals surface area (Å²) in [4.78, 5) is 37.3. The van der Waals surface area contributed by atoms with Crippen LogP contribution in [-0.2, 0) is 19.1 Å². The van der Waals surface area contributed by atoms with Gasteiger partial charge in [-0.1, -0.05) is 36.0 Å². The van der Waals surface area contributed by atoms with E-state index in [1.165, 1.54) is 0 Å². The first-order valence-corrected chi connectivity index (χ1v) is 8.92. The smallest absolute Gasteiger partial charge is 0.329 e. The molecule has 0 saturated heterocycles. The van der Waals surface area contributed by atoms with E-state index < -0.39 is 17.6 Å². The number of ether oxygens (including phenoxy) is 1. The average molecular weight is 363 g/mol. The number of hydrogen-bond acceptors (Lipinski definition) is 5. The maximum Gasteiger partial charge on any atom is 0.329 e. The standard InChI is InChI=1S/C19H25NO4S/c1-5-6-12-16(21)20-15(18(23)24-19(2,3)4)13-17(22)25-14-10-8-7-9-11-14/h5,7-11,15H,1,6,12-13H2,2-4H3,(H,20,21)/t15-/m0/s1. The molecule has 136 valence electrons. The lowest BCUT2D eigenvalue weighted by Crippen LogP contribution is -2.45. The van der Waals surface area contributed by atoms with Crippen molar-refractivity contribution in [3.8, 4) is 0 Å². The third kappa shape index (κ3) is 9.10. The van der Waals surface area contributed by atoms with Gasteiger partial charge in [0.2, 0.25) is 5.91 Å². The Morgan fingerprint density at radius 1 is 1.24 bits per heavy atom. The van der Waals surface area contributed by atoms with Gasteiger partial charge >= 0.3 is 5.97 Å². The molecule has 1 aromatic rings. The van der Waals surface area contributed by atoms with Gasteiger partial charge in [-0.2, -0.15) is 0 Å². The second-order valence-corrected chi connectivity index (χ2v) is 7.60. The molecule has 0 heterocycles. The summed E-state index contributed by atoms with van der Waals surface area (Å²) >= 11 is 1.04. The first kappa shape index (κ1) is 21.0. The predicted octanol–water partition coefficient (Wildman–Crippen LogP) is 3.49. The van der Waals surface area contributed by atoms with Gasteiger partial charge in [0.05, 0.1) is 0 Å². The van der Waals surface area contributed by atoms with Gasteiger partial charge < -0.3 is 10.1 Å². The average Bonchev–Trinajstić information content (AvgIpc) is 2.51. The fraction of sp³-hybridized carbons (Fsp3) is 0.421. The Balaban J connectivity index is 2.75. The van der Waals surface area contributed by atoms with Gasteiger partial charge in [-0.05, 0) is 39.3 Å². The minimum atomic E-state index is -1.000. The largest absolute Gasteiger partial charge is 0.458 e. The zero-order chi connectivity index (χ0) is 18.9. The third-order valence-electron chi connectivity index (χ3n) is 2.95. The maximum absolute atomic E-state index is 12.3. The van der Waals surface area contributed by atoms with Crippen LogP contribution in [0.15, 0.2) is 47.9 Å². The summed E-state index contributed by atoms with van der Waals surface area (Å²) in [6.45, 7) is 8.78. The Kier molecular flexibility index (Phi) is 8.41. The van der Waals surface area contributed by atoms with Crippen molar-refractivity contribution >= 4 is 28.8 Å². The van der Waals surface area contributed by atoms with Crippen LogP contribution in [0.2, 0.25) is 0 Å². The van der Waals surface area contributed by atoms with Crippen molar-refractivity contribution in [1.82, 2.24) is 5.32 Å². The molecule has 25 heavy (non-hydrogen) atoms. The van der Waals surface area contributed by atoms with Gasteiger partial charge in [-0.25, -0.2) is 4.79 Å². The second-order valence-electron chi connectivity index (χ2n) is 6.47. The Morgan fingerprint density at radius 2 is 1.88 bits per heavy atom. The number of carbonyl (C=O) groups is 3. The van der Waals surface area contributed by atoms with Crippen molar-refractivity contribution in [3.05, 3.63) is 43.0 Å². The molecule has 0 unspecified atom stereocenters. The van der Waals surface area contributed by atoms with Crippen LogP contribution >= 0.6 is 11.8 Å². The first-order chi connectivity index (χ1) is 11.7. The van der Waals surface area contributed by atoms with Crippen LogP contribution < -0.4 is 5.32 Å². The van der Waals surface area contributed by atoms with Crippen LogP contribution in [0.5, 0.6) is 0 Å². The molecular formula is C19H25NO4S. The molecular weight excluding hydrogens is 338 g/mol. The molecule has 1 atom stereocenters. The number of thioether (sulfide) groups is 1. The number of nitrogens with one attached hydrogen (secondary N) is 1. The zero-order valence-electron chi connectivity index (χ0n) is 14.9. The van der Waals surface area contributed by atoms with Crippen LogP contribution in [0.25, 0.3) is 0 Å². The molecule has 1 rings (SSSR count). The van der Waals surface area contributed by atoms with Crippen LogP contribution in [0.1, 0.15) is 40.0 Å². The van der Waals surface area contributed by atoms with E-state index in [0.29, 0.717) is 6.42 Å². The highest BCUT2D eigenvalue weighted by atomic mass is 32.2. The van der Waals surface area contributed by atoms with Gasteiger partial charge in [0.25, 0.3) is 0 Å². The number of esters is 1. The van der Waals surface area contributed by atoms with E-state index in [1.54, 1.807) is 26.8 Å². The molecule has 6 heteroatoms. The topological polar surface area (TPSA) is 72.5 Å². The van der Waals surface area contributed by atoms with Crippen molar-refractivity contribution in [3.63, 3.8) is 0 Å². The first-order valence-electron chi connectivity index (χ1n) is 8.10. The van der Waals surface area contributed by atoms with Crippen LogP contribution in [0, 0.1) is 0 Å². The summed E-state index contributed by atoms with van der Waals surface area (Å²) < 4.78 is 5.32. The fourth-order valence-electron chi connectivity index (χ4n) is 1.89. The van der Waals surface area contributed by atoms with Crippen molar-refractivity contribution in [2.75, 3.05) is 0 Å². The lowest BCUT2D eigenvalue weighted by molar-refractivity contribution is -0.159. The molecule has 0 spiro atoms. The van der Waals surface area contributed by atoms with Gasteiger partial charge in [0, 0.05) is 17.7 Å². The van der Waals surface area contributed by atoms with E-state index in [1.807, 2.05) is 30.3 Å². The number of carbonyl (C=O) groups excluding carboxylic acids is 3. The van der Waals surface area contributed by atoms with E-state index in [-0.39, 0.29) is 23.9 Å². The van der Waals surface area contributed by atoms with E-state index in [2.05, 4.69) is 11.9 Å². The normalized spacial score (nSPS) is 12.1. The molecule has 0 radical (unpaired) electrons. The molecule has 0 aliphatic carbocycles. The van der Waals surface area contributed by atoms with Crippen molar-refractivity contribution in [1.29, 1.82) is 0 Å². The third-order valence-corrected chi connectivity index (χ3v) is 3.85. The summed E-state index contributed by atoms with van der Waals surface area (Å²) in [6, 6.07) is 8.15. The van der Waals surface area contributed by atoms with Gasteiger partial charge in [0.15, 0.2) is 5.12 Å². The number of rotatable bonds is 8. The quantitative estimate of drug-likeness (QED) is 0.435. The molecule has 0 aromatic heterocycles. The predicted molar refractivity (Wildman–Crippen MR) is 99.1 cm³/mol. The van der Waals surface area contributed by atoms with E-state index in [0.717, 1.165) is 16.7 Å². The fourth-order valence-corrected chi connectivity index (χ4v) is 2.70. The second kappa shape index (κ2) is 10.0. The van der Waals surface area contributed by atoms with Crippen LogP contribution in [0.3, 0.4) is 0 Å². The summed E-state index contributed by atoms with van der Waals surface area (Å²) in [7, 11) is 0. The lowest BCUT2D eigenvalue weighted by atomic mass is 10.1. The minimum Gasteiger partial charge on any atom is -0.458 e. The number of hydrogen-bond donors (Lipinski definition) is 1. The molecule has 0 saturated carbocycles. The Hall–Kier alpha value is -2.08. The van der Waals surface area contributed by atoms with Crippen molar-refractivity contribution < 1.29 is 19.1 Å². The summed E-state index contributed by atoms with van der Waals surface area (Å²) in [5, 5.41) is 2.38. The highest BCUT2D eigenvalue weighted by Gasteiger charge is 2.28. The number of benzene rings is 1. The molecule has 1 aromatic carbocycles. The van der Waals surface area contributed by atoms with E-state index in [9.17, 15) is 14.4 Å². The van der Waals surface area contributed by atoms with Crippen LogP contribution in [-0.4, -0.2) is 28.6 Å². The molecule has 5 nitrogen and oxygen atoms in total. The monoisotopic (exact) mass is 363 g/mol. The zero-order valence-corrected chi connectivity index (χ0v) is 15.7. The number of allylic oxidation sites excluding steroid dienone is 1. The highest BCUT2D eigenvalue weighted by molar-refractivity contribution is 8.13. The molecule has 1 amide bonds. The molecule has 0 aliphatic heterocycles. The Bertz CT molecular complexity index is 608. The summed E-state index contributed by atoms with van der Waals surface area (Å²) in [5.74, 6) is -0.922. The van der Waals surface area contributed by atoms with Crippen LogP contribution in [0.4, 0.5) is 0 Å². The Morgan fingerprint density at radius 3 is 2.44 bits per heavy atom. The Labute approximate surface area is 153 Å². The van der Waals surface area contributed by atoms with Gasteiger partial charge in [-0.3, -0.25) is 9.59 Å². The maximum atomic E-state index is 12.3. The van der Waals surface area contributed by atoms with Gasteiger partial charge in [-0.15, -0.1) is 6.58 Å². The van der Waals surface area contributed by atoms with Gasteiger partial charge in [0.1, 0.15) is 11.6 Å². The summed E-state index contributed by atoms with van der Waals surface area (Å²) in [5.41, 5.74) is -0.698. The minimum absolute atomic E-state index is 0.131. The molecule has 0 fully saturated rings. The lowest BCUT2D eigenvalue weighted by Gasteiger charge is -2.24. The molecule has 0 aliphatic rings. The SMILES string of the molecule is C=CCCC(=O)N[C@@H](CC(=O)Sc1ccccc1)C(=O)OC(C)(C)C. The van der Waals surface area contributed by atoms with Crippen molar-refractivity contribution in [2.24, 2.45) is 0 Å². The molecule has 0 bridgehead atoms.